The molecule has 0 aliphatic rings. The number of rotatable bonds is 11. The molecular weight excluding hydrogens is 388 g/mol. The van der Waals surface area contributed by atoms with Crippen molar-refractivity contribution in [1.29, 1.82) is 0 Å². The van der Waals surface area contributed by atoms with Gasteiger partial charge in [0.2, 0.25) is 0 Å². The lowest BCUT2D eigenvalue weighted by atomic mass is 10.1. The predicted molar refractivity (Wildman–Crippen MR) is 112 cm³/mol. The van der Waals surface area contributed by atoms with Crippen LogP contribution in [-0.2, 0) is 16.2 Å². The Kier molecular flexibility index (Phi) is 8.49. The lowest BCUT2D eigenvalue weighted by Gasteiger charge is -2.27. The Bertz CT molecular complexity index is 851. The van der Waals surface area contributed by atoms with Crippen LogP contribution in [0.2, 0.25) is 0 Å². The van der Waals surface area contributed by atoms with Crippen molar-refractivity contribution in [2.24, 2.45) is 16.5 Å². The number of carbonyl (C=O) groups excluding carboxylic acids is 1. The van der Waals surface area contributed by atoms with Crippen molar-refractivity contribution in [3.8, 4) is 11.5 Å². The van der Waals surface area contributed by atoms with Gasteiger partial charge in [-0.2, -0.15) is 5.06 Å². The van der Waals surface area contributed by atoms with E-state index in [1.54, 1.807) is 24.3 Å². The van der Waals surface area contributed by atoms with E-state index in [4.69, 9.17) is 21.0 Å². The van der Waals surface area contributed by atoms with Crippen molar-refractivity contribution in [1.82, 2.24) is 5.06 Å². The van der Waals surface area contributed by atoms with Crippen molar-refractivity contribution in [2.45, 2.75) is 32.4 Å². The standard InChI is InChI=1S/C21H26N4O5/c1-15(26)25(19(20(27)28)8-5-13-24-21(22)23)30-18-11-9-17(10-12-18)29-14-16-6-3-2-4-7-16/h2-4,6-7,9-12,19H,5,8,13-14H2,1H3,(H,27,28)(H4,22,23,24)/t19-/m0/s1. The van der Waals surface area contributed by atoms with E-state index in [1.807, 2.05) is 30.3 Å². The van der Waals surface area contributed by atoms with Gasteiger partial charge in [-0.25, -0.2) is 4.79 Å². The Balaban J connectivity index is 1.99. The fourth-order valence-electron chi connectivity index (χ4n) is 2.63. The van der Waals surface area contributed by atoms with Gasteiger partial charge in [-0.15, -0.1) is 0 Å². The maximum absolute atomic E-state index is 12.0. The number of nitrogens with zero attached hydrogens (tertiary/aromatic N) is 2. The third kappa shape index (κ3) is 7.34. The fraction of sp³-hybridized carbons (Fsp3) is 0.286. The minimum Gasteiger partial charge on any atom is -0.489 e. The third-order valence-corrected chi connectivity index (χ3v) is 4.08. The van der Waals surface area contributed by atoms with E-state index in [9.17, 15) is 14.7 Å². The highest BCUT2D eigenvalue weighted by Gasteiger charge is 2.29. The van der Waals surface area contributed by atoms with Gasteiger partial charge in [0, 0.05) is 13.5 Å². The molecule has 0 unspecified atom stereocenters. The van der Waals surface area contributed by atoms with Gasteiger partial charge >= 0.3 is 5.97 Å². The van der Waals surface area contributed by atoms with Gasteiger partial charge in [-0.3, -0.25) is 9.79 Å². The number of nitrogens with two attached hydrogens (primary N) is 2. The molecule has 0 fully saturated rings. The molecule has 2 aromatic carbocycles. The summed E-state index contributed by atoms with van der Waals surface area (Å²) in [5.41, 5.74) is 11.5. The smallest absolute Gasteiger partial charge is 0.330 e. The first kappa shape index (κ1) is 22.5. The predicted octanol–water partition coefficient (Wildman–Crippen LogP) is 1.91. The van der Waals surface area contributed by atoms with Gasteiger partial charge in [0.05, 0.1) is 0 Å². The molecule has 0 saturated heterocycles. The van der Waals surface area contributed by atoms with Gasteiger partial charge in [-0.05, 0) is 42.7 Å². The van der Waals surface area contributed by atoms with Crippen LogP contribution in [0, 0.1) is 0 Å². The Morgan fingerprint density at radius 1 is 1.07 bits per heavy atom. The van der Waals surface area contributed by atoms with Gasteiger partial charge in [0.1, 0.15) is 12.4 Å². The first-order chi connectivity index (χ1) is 14.4. The van der Waals surface area contributed by atoms with Gasteiger partial charge in [-0.1, -0.05) is 30.3 Å². The summed E-state index contributed by atoms with van der Waals surface area (Å²) in [5, 5.41) is 10.4. The number of ether oxygens (including phenoxy) is 1. The number of hydrogen-bond acceptors (Lipinski definition) is 5. The minimum atomic E-state index is -1.18. The van der Waals surface area contributed by atoms with E-state index >= 15 is 0 Å². The molecule has 0 heterocycles. The summed E-state index contributed by atoms with van der Waals surface area (Å²) in [5.74, 6) is -0.859. The summed E-state index contributed by atoms with van der Waals surface area (Å²) < 4.78 is 5.71. The molecule has 0 aliphatic heterocycles. The number of carboxylic acid groups (broad SMARTS) is 1. The van der Waals surface area contributed by atoms with Crippen molar-refractivity contribution >= 4 is 17.8 Å². The van der Waals surface area contributed by atoms with Crippen LogP contribution in [0.4, 0.5) is 0 Å². The summed E-state index contributed by atoms with van der Waals surface area (Å²) in [6.07, 6.45) is 0.498. The highest BCUT2D eigenvalue weighted by Crippen LogP contribution is 2.21. The Morgan fingerprint density at radius 3 is 2.27 bits per heavy atom. The molecule has 0 spiro atoms. The zero-order valence-electron chi connectivity index (χ0n) is 16.7. The zero-order chi connectivity index (χ0) is 21.9. The van der Waals surface area contributed by atoms with Crippen LogP contribution in [0.1, 0.15) is 25.3 Å². The number of hydrogen-bond donors (Lipinski definition) is 3. The van der Waals surface area contributed by atoms with Crippen LogP contribution in [0.5, 0.6) is 11.5 Å². The fourth-order valence-corrected chi connectivity index (χ4v) is 2.63. The summed E-state index contributed by atoms with van der Waals surface area (Å²) >= 11 is 0. The monoisotopic (exact) mass is 414 g/mol. The first-order valence-corrected chi connectivity index (χ1v) is 9.39. The maximum atomic E-state index is 12.0. The normalized spacial score (nSPS) is 11.2. The highest BCUT2D eigenvalue weighted by molar-refractivity contribution is 5.81. The molecule has 160 valence electrons. The number of guanidine groups is 1. The van der Waals surface area contributed by atoms with Crippen molar-refractivity contribution in [2.75, 3.05) is 6.54 Å². The molecule has 0 aromatic heterocycles. The SMILES string of the molecule is CC(=O)N(Oc1ccc(OCc2ccccc2)cc1)[C@@H](CCCN=C(N)N)C(=O)O. The van der Waals surface area contributed by atoms with Crippen LogP contribution in [0.15, 0.2) is 59.6 Å². The second-order valence-electron chi connectivity index (χ2n) is 6.48. The number of carbonyl (C=O) groups is 2. The van der Waals surface area contributed by atoms with Gasteiger partial charge < -0.3 is 26.1 Å². The largest absolute Gasteiger partial charge is 0.489 e. The Hall–Kier alpha value is -3.75. The summed E-state index contributed by atoms with van der Waals surface area (Å²) in [6, 6.07) is 15.1. The van der Waals surface area contributed by atoms with Crippen molar-refractivity contribution in [3.05, 3.63) is 60.2 Å². The second kappa shape index (κ2) is 11.3. The average molecular weight is 414 g/mol. The molecule has 0 radical (unpaired) electrons. The topological polar surface area (TPSA) is 140 Å². The number of carboxylic acids is 1. The molecule has 1 atom stereocenters. The average Bonchev–Trinajstić information content (AvgIpc) is 2.72. The van der Waals surface area contributed by atoms with Crippen molar-refractivity contribution in [3.63, 3.8) is 0 Å². The number of amides is 1. The summed E-state index contributed by atoms with van der Waals surface area (Å²) in [6.45, 7) is 1.91. The Morgan fingerprint density at radius 2 is 1.70 bits per heavy atom. The first-order valence-electron chi connectivity index (χ1n) is 9.39. The molecule has 2 aromatic rings. The van der Waals surface area contributed by atoms with Crippen molar-refractivity contribution < 1.29 is 24.3 Å². The minimum absolute atomic E-state index is 0.0730. The molecule has 2 rings (SSSR count). The molecule has 9 heteroatoms. The third-order valence-electron chi connectivity index (χ3n) is 4.08. The summed E-state index contributed by atoms with van der Waals surface area (Å²) in [7, 11) is 0. The van der Waals surface area contributed by atoms with Crippen LogP contribution in [0.25, 0.3) is 0 Å². The lowest BCUT2D eigenvalue weighted by Crippen LogP contribution is -2.46. The van der Waals surface area contributed by atoms with Crippen LogP contribution >= 0.6 is 0 Å². The van der Waals surface area contributed by atoms with E-state index in [1.165, 1.54) is 6.92 Å². The molecular formula is C21H26N4O5. The van der Waals surface area contributed by atoms with Crippen LogP contribution in [0.3, 0.4) is 0 Å². The van der Waals surface area contributed by atoms with Crippen LogP contribution < -0.4 is 21.0 Å². The van der Waals surface area contributed by atoms with Gasteiger partial charge in [0.15, 0.2) is 17.8 Å². The molecule has 0 bridgehead atoms. The molecule has 9 nitrogen and oxygen atoms in total. The quantitative estimate of drug-likeness (QED) is 0.221. The van der Waals surface area contributed by atoms with E-state index in [-0.39, 0.29) is 18.9 Å². The second-order valence-corrected chi connectivity index (χ2v) is 6.48. The zero-order valence-corrected chi connectivity index (χ0v) is 16.7. The van der Waals surface area contributed by atoms with E-state index in [0.29, 0.717) is 24.5 Å². The number of hydroxylamine groups is 2. The number of benzene rings is 2. The maximum Gasteiger partial charge on any atom is 0.330 e. The molecule has 0 aliphatic carbocycles. The number of aliphatic carboxylic acids is 1. The molecule has 5 N–H and O–H groups in total. The molecule has 0 saturated carbocycles. The van der Waals surface area contributed by atoms with Crippen LogP contribution in [-0.4, -0.2) is 40.6 Å². The van der Waals surface area contributed by atoms with E-state index in [0.717, 1.165) is 10.6 Å². The molecule has 30 heavy (non-hydrogen) atoms. The number of aliphatic imine (C=N–C) groups is 1. The summed E-state index contributed by atoms with van der Waals surface area (Å²) in [4.78, 5) is 33.0. The lowest BCUT2D eigenvalue weighted by molar-refractivity contribution is -0.176. The highest BCUT2D eigenvalue weighted by atomic mass is 16.7. The van der Waals surface area contributed by atoms with E-state index < -0.39 is 17.9 Å². The Labute approximate surface area is 174 Å². The van der Waals surface area contributed by atoms with Gasteiger partial charge in [0.25, 0.3) is 5.91 Å². The van der Waals surface area contributed by atoms with E-state index in [2.05, 4.69) is 4.99 Å². The molecule has 1 amide bonds.